The summed E-state index contributed by atoms with van der Waals surface area (Å²) in [5.74, 6) is 2.17. The van der Waals surface area contributed by atoms with E-state index in [9.17, 15) is 0 Å². The van der Waals surface area contributed by atoms with Gasteiger partial charge < -0.3 is 19.6 Å². The first-order valence-corrected chi connectivity index (χ1v) is 9.02. The van der Waals surface area contributed by atoms with Crippen LogP contribution in [0.2, 0.25) is 0 Å². The minimum atomic E-state index is 0.627. The Kier molecular flexibility index (Phi) is 4.26. The highest BCUT2D eigenvalue weighted by atomic mass is 32.2. The summed E-state index contributed by atoms with van der Waals surface area (Å²) in [5.41, 5.74) is 9.29. The third-order valence-electron chi connectivity index (χ3n) is 4.03. The second kappa shape index (κ2) is 6.72. The van der Waals surface area contributed by atoms with E-state index in [-0.39, 0.29) is 0 Å². The first-order chi connectivity index (χ1) is 12.7. The number of aromatic nitrogens is 5. The van der Waals surface area contributed by atoms with Crippen LogP contribution in [0.25, 0.3) is 17.0 Å². The number of methoxy groups -OCH3 is 1. The number of nitrogens with two attached hydrogens (primary N) is 1. The Morgan fingerprint density at radius 1 is 1.19 bits per heavy atom. The Hall–Kier alpha value is -3.00. The van der Waals surface area contributed by atoms with Crippen LogP contribution < -0.4 is 10.5 Å². The Balaban J connectivity index is 1.66. The van der Waals surface area contributed by atoms with Crippen molar-refractivity contribution in [3.63, 3.8) is 0 Å². The number of hydrogen-bond donors (Lipinski definition) is 1. The molecule has 4 rings (SSSR count). The Labute approximate surface area is 154 Å². The maximum atomic E-state index is 5.99. The summed E-state index contributed by atoms with van der Waals surface area (Å²) in [6, 6.07) is 9.72. The molecule has 0 amide bonds. The average Bonchev–Trinajstić information content (AvgIpc) is 3.30. The molecule has 0 saturated heterocycles. The molecule has 0 spiro atoms. The number of ether oxygens (including phenoxy) is 1. The highest BCUT2D eigenvalue weighted by Gasteiger charge is 2.14. The molecule has 0 saturated carbocycles. The third kappa shape index (κ3) is 2.99. The second-order valence-electron chi connectivity index (χ2n) is 5.81. The number of thioether (sulfide) groups is 1. The van der Waals surface area contributed by atoms with E-state index < -0.39 is 0 Å². The van der Waals surface area contributed by atoms with Crippen molar-refractivity contribution in [3.05, 3.63) is 54.6 Å². The number of hydrogen-bond acceptors (Lipinski definition) is 6. The number of imidazole rings is 1. The highest BCUT2D eigenvalue weighted by molar-refractivity contribution is 7.98. The van der Waals surface area contributed by atoms with E-state index in [0.717, 1.165) is 22.5 Å². The summed E-state index contributed by atoms with van der Waals surface area (Å²) in [6.45, 7) is 0. The Bertz CT molecular complexity index is 1060. The Morgan fingerprint density at radius 3 is 2.73 bits per heavy atom. The normalized spacial score (nSPS) is 11.2. The average molecular weight is 366 g/mol. The van der Waals surface area contributed by atoms with E-state index >= 15 is 0 Å². The quantitative estimate of drug-likeness (QED) is 0.332. The number of nitrogens with zero attached hydrogens (tertiary/aromatic N) is 5. The molecule has 8 heteroatoms. The molecule has 3 heterocycles. The van der Waals surface area contributed by atoms with Crippen molar-refractivity contribution in [2.45, 2.75) is 10.9 Å². The smallest absolute Gasteiger partial charge is 0.192 e. The fraction of sp³-hybridized carbons (Fsp3) is 0.167. The molecule has 0 radical (unpaired) electrons. The molecule has 0 bridgehead atoms. The van der Waals surface area contributed by atoms with Crippen LogP contribution in [-0.4, -0.2) is 31.2 Å². The molecular weight excluding hydrogens is 348 g/mol. The topological polar surface area (TPSA) is 83.8 Å². The van der Waals surface area contributed by atoms with Crippen LogP contribution in [0.1, 0.15) is 5.56 Å². The molecule has 0 aliphatic rings. The van der Waals surface area contributed by atoms with Gasteiger partial charge in [0.1, 0.15) is 5.75 Å². The van der Waals surface area contributed by atoms with Gasteiger partial charge in [0.25, 0.3) is 0 Å². The predicted octanol–water partition coefficient (Wildman–Crippen LogP) is 3.04. The van der Waals surface area contributed by atoms with E-state index in [2.05, 4.69) is 9.97 Å². The fourth-order valence-electron chi connectivity index (χ4n) is 2.71. The summed E-state index contributed by atoms with van der Waals surface area (Å²) in [4.78, 5) is 13.8. The molecule has 4 aromatic rings. The lowest BCUT2D eigenvalue weighted by Gasteiger charge is -2.08. The number of aryl methyl sites for hydroxylation is 1. The molecule has 0 unspecified atom stereocenters. The van der Waals surface area contributed by atoms with Gasteiger partial charge in [-0.2, -0.15) is 0 Å². The number of rotatable bonds is 5. The highest BCUT2D eigenvalue weighted by Crippen LogP contribution is 2.28. The SMILES string of the molecule is COc1ccc(CSc2nc(-n3cccc3)c3ncn(C)c3n2)cc1N. The van der Waals surface area contributed by atoms with Gasteiger partial charge in [-0.15, -0.1) is 0 Å². The minimum Gasteiger partial charge on any atom is -0.495 e. The molecule has 0 aliphatic heterocycles. The number of anilines is 1. The molecule has 0 aliphatic carbocycles. The number of benzene rings is 1. The van der Waals surface area contributed by atoms with Crippen molar-refractivity contribution in [2.75, 3.05) is 12.8 Å². The monoisotopic (exact) mass is 366 g/mol. The van der Waals surface area contributed by atoms with Crippen LogP contribution >= 0.6 is 11.8 Å². The van der Waals surface area contributed by atoms with Crippen molar-refractivity contribution in [2.24, 2.45) is 7.05 Å². The fourth-order valence-corrected chi connectivity index (χ4v) is 3.49. The van der Waals surface area contributed by atoms with Crippen molar-refractivity contribution in [1.29, 1.82) is 0 Å². The first kappa shape index (κ1) is 16.5. The summed E-state index contributed by atoms with van der Waals surface area (Å²) in [6.07, 6.45) is 5.66. The van der Waals surface area contributed by atoms with Crippen LogP contribution in [-0.2, 0) is 12.8 Å². The van der Waals surface area contributed by atoms with Gasteiger partial charge in [-0.05, 0) is 29.8 Å². The van der Waals surface area contributed by atoms with E-state index in [1.807, 2.05) is 58.9 Å². The van der Waals surface area contributed by atoms with E-state index in [4.69, 9.17) is 15.5 Å². The number of nitrogen functional groups attached to an aromatic ring is 1. The van der Waals surface area contributed by atoms with Gasteiger partial charge in [-0.1, -0.05) is 17.8 Å². The Morgan fingerprint density at radius 2 is 2.00 bits per heavy atom. The summed E-state index contributed by atoms with van der Waals surface area (Å²) < 4.78 is 9.06. The summed E-state index contributed by atoms with van der Waals surface area (Å²) in [5, 5.41) is 0.694. The lowest BCUT2D eigenvalue weighted by Crippen LogP contribution is -2.01. The number of fused-ring (bicyclic) bond motifs is 1. The first-order valence-electron chi connectivity index (χ1n) is 8.03. The molecule has 132 valence electrons. The molecule has 1 aromatic carbocycles. The zero-order valence-electron chi connectivity index (χ0n) is 14.5. The summed E-state index contributed by atoms with van der Waals surface area (Å²) >= 11 is 1.56. The maximum Gasteiger partial charge on any atom is 0.192 e. The zero-order chi connectivity index (χ0) is 18.1. The van der Waals surface area contributed by atoms with Crippen molar-refractivity contribution in [3.8, 4) is 11.6 Å². The molecule has 7 nitrogen and oxygen atoms in total. The van der Waals surface area contributed by atoms with Crippen LogP contribution in [0.5, 0.6) is 5.75 Å². The molecular formula is C18H18N6OS. The van der Waals surface area contributed by atoms with E-state index in [1.54, 1.807) is 25.2 Å². The van der Waals surface area contributed by atoms with Crippen LogP contribution in [0.3, 0.4) is 0 Å². The standard InChI is InChI=1S/C18H18N6OS/c1-23-11-20-15-16(23)21-18(22-17(15)24-7-3-4-8-24)26-10-12-5-6-14(25-2)13(19)9-12/h3-9,11H,10,19H2,1-2H3. The predicted molar refractivity (Wildman–Crippen MR) is 103 cm³/mol. The van der Waals surface area contributed by atoms with Crippen LogP contribution in [0.15, 0.2) is 54.2 Å². The van der Waals surface area contributed by atoms with Gasteiger partial charge in [0.2, 0.25) is 0 Å². The molecule has 0 fully saturated rings. The van der Waals surface area contributed by atoms with Gasteiger partial charge in [0, 0.05) is 25.2 Å². The molecule has 3 aromatic heterocycles. The van der Waals surface area contributed by atoms with Gasteiger partial charge >= 0.3 is 0 Å². The largest absolute Gasteiger partial charge is 0.495 e. The maximum absolute atomic E-state index is 5.99. The van der Waals surface area contributed by atoms with Gasteiger partial charge in [-0.25, -0.2) is 15.0 Å². The van der Waals surface area contributed by atoms with Crippen molar-refractivity contribution >= 4 is 28.6 Å². The van der Waals surface area contributed by atoms with Crippen LogP contribution in [0, 0.1) is 0 Å². The second-order valence-corrected chi connectivity index (χ2v) is 6.76. The lowest BCUT2D eigenvalue weighted by atomic mass is 10.2. The van der Waals surface area contributed by atoms with E-state index in [0.29, 0.717) is 22.3 Å². The molecule has 0 atom stereocenters. The van der Waals surface area contributed by atoms with Crippen molar-refractivity contribution in [1.82, 2.24) is 24.1 Å². The minimum absolute atomic E-state index is 0.627. The van der Waals surface area contributed by atoms with Gasteiger partial charge in [0.05, 0.1) is 19.1 Å². The summed E-state index contributed by atoms with van der Waals surface area (Å²) in [7, 11) is 3.54. The molecule has 26 heavy (non-hydrogen) atoms. The lowest BCUT2D eigenvalue weighted by molar-refractivity contribution is 0.417. The molecule has 2 N–H and O–H groups in total. The van der Waals surface area contributed by atoms with Crippen molar-refractivity contribution < 1.29 is 4.74 Å². The third-order valence-corrected chi connectivity index (χ3v) is 4.95. The van der Waals surface area contributed by atoms with Gasteiger partial charge in [0.15, 0.2) is 22.1 Å². The van der Waals surface area contributed by atoms with Gasteiger partial charge in [-0.3, -0.25) is 0 Å². The zero-order valence-corrected chi connectivity index (χ0v) is 15.3. The van der Waals surface area contributed by atoms with Crippen LogP contribution in [0.4, 0.5) is 5.69 Å². The van der Waals surface area contributed by atoms with E-state index in [1.165, 1.54) is 0 Å².